The number of rotatable bonds is 6. The quantitative estimate of drug-likeness (QED) is 0.697. The second kappa shape index (κ2) is 8.43. The van der Waals surface area contributed by atoms with Crippen LogP contribution < -0.4 is 4.74 Å². The van der Waals surface area contributed by atoms with Gasteiger partial charge in [0.1, 0.15) is 17.4 Å². The fourth-order valence-corrected chi connectivity index (χ4v) is 3.33. The van der Waals surface area contributed by atoms with Crippen LogP contribution in [0.15, 0.2) is 36.4 Å². The summed E-state index contributed by atoms with van der Waals surface area (Å²) in [5, 5.41) is 0. The van der Waals surface area contributed by atoms with Crippen molar-refractivity contribution in [3.05, 3.63) is 54.1 Å². The minimum absolute atomic E-state index is 0.359. The van der Waals surface area contributed by atoms with Gasteiger partial charge in [0.05, 0.1) is 12.7 Å². The van der Waals surface area contributed by atoms with Crippen LogP contribution in [0.1, 0.15) is 32.6 Å². The summed E-state index contributed by atoms with van der Waals surface area (Å²) in [7, 11) is 0. The molecule has 3 rings (SSSR count). The van der Waals surface area contributed by atoms with Crippen molar-refractivity contribution in [2.24, 2.45) is 5.92 Å². The molecule has 2 aromatic rings. The highest BCUT2D eigenvalue weighted by molar-refractivity contribution is 5.65. The molecular weight excluding hydrogens is 322 g/mol. The van der Waals surface area contributed by atoms with Gasteiger partial charge in [0, 0.05) is 24.3 Å². The van der Waals surface area contributed by atoms with Gasteiger partial charge < -0.3 is 9.47 Å². The van der Waals surface area contributed by atoms with E-state index >= 15 is 0 Å². The fourth-order valence-electron chi connectivity index (χ4n) is 3.33. The van der Waals surface area contributed by atoms with Gasteiger partial charge in [-0.15, -0.1) is 0 Å². The fraction of sp³-hybridized carbons (Fsp3) is 0.429. The van der Waals surface area contributed by atoms with Gasteiger partial charge >= 0.3 is 0 Å². The first-order valence-electron chi connectivity index (χ1n) is 8.87. The van der Waals surface area contributed by atoms with E-state index in [2.05, 4.69) is 6.07 Å². The Morgan fingerprint density at radius 1 is 1.08 bits per heavy atom. The Hall–Kier alpha value is -1.94. The lowest BCUT2D eigenvalue weighted by atomic mass is 9.88. The van der Waals surface area contributed by atoms with E-state index in [0.717, 1.165) is 38.4 Å². The maximum Gasteiger partial charge on any atom is 0.133 e. The molecule has 25 heavy (non-hydrogen) atoms. The summed E-state index contributed by atoms with van der Waals surface area (Å²) in [5.74, 6) is -0.0567. The highest BCUT2D eigenvalue weighted by Crippen LogP contribution is 2.29. The van der Waals surface area contributed by atoms with E-state index in [0.29, 0.717) is 35.5 Å². The minimum Gasteiger partial charge on any atom is -0.493 e. The second-order valence-corrected chi connectivity index (χ2v) is 6.47. The number of ether oxygens (including phenoxy) is 2. The maximum absolute atomic E-state index is 13.9. The summed E-state index contributed by atoms with van der Waals surface area (Å²) in [6.45, 7) is 3.43. The average molecular weight is 345 g/mol. The molecule has 1 fully saturated rings. The maximum atomic E-state index is 13.9. The third-order valence-corrected chi connectivity index (χ3v) is 4.69. The van der Waals surface area contributed by atoms with E-state index in [4.69, 9.17) is 9.47 Å². The molecule has 1 saturated carbocycles. The lowest BCUT2D eigenvalue weighted by molar-refractivity contribution is 0.0199. The number of hydrogen-bond donors (Lipinski definition) is 0. The van der Waals surface area contributed by atoms with E-state index in [1.807, 2.05) is 6.92 Å². The summed E-state index contributed by atoms with van der Waals surface area (Å²) >= 11 is 0. The molecule has 2 aromatic carbocycles. The molecule has 0 bridgehead atoms. The summed E-state index contributed by atoms with van der Waals surface area (Å²) in [6, 6.07) is 11.8. The largest absolute Gasteiger partial charge is 0.493 e. The van der Waals surface area contributed by atoms with Gasteiger partial charge in [-0.05, 0) is 68.4 Å². The lowest BCUT2D eigenvalue weighted by Gasteiger charge is -2.28. The van der Waals surface area contributed by atoms with Gasteiger partial charge in [-0.1, -0.05) is 6.07 Å². The zero-order valence-corrected chi connectivity index (χ0v) is 14.4. The third-order valence-electron chi connectivity index (χ3n) is 4.69. The minimum atomic E-state index is -0.581. The van der Waals surface area contributed by atoms with Crippen LogP contribution in [-0.2, 0) is 4.74 Å². The summed E-state index contributed by atoms with van der Waals surface area (Å²) in [5.41, 5.74) is 1.02. The second-order valence-electron chi connectivity index (χ2n) is 6.47. The Morgan fingerprint density at radius 2 is 1.88 bits per heavy atom. The molecule has 0 amide bonds. The molecule has 1 aliphatic rings. The van der Waals surface area contributed by atoms with Crippen LogP contribution in [-0.4, -0.2) is 19.3 Å². The van der Waals surface area contributed by atoms with Gasteiger partial charge in [-0.2, -0.15) is 0 Å². The van der Waals surface area contributed by atoms with Gasteiger partial charge in [0.15, 0.2) is 0 Å². The predicted octanol–water partition coefficient (Wildman–Crippen LogP) is 5.41. The topological polar surface area (TPSA) is 18.5 Å². The summed E-state index contributed by atoms with van der Waals surface area (Å²) < 4.78 is 38.5. The first kappa shape index (κ1) is 17.9. The molecule has 1 aliphatic carbocycles. The average Bonchev–Trinajstić information content (AvgIpc) is 2.62. The smallest absolute Gasteiger partial charge is 0.133 e. The Balaban J connectivity index is 1.59. The first-order chi connectivity index (χ1) is 12.2. The van der Waals surface area contributed by atoms with E-state index in [1.165, 1.54) is 12.1 Å². The molecule has 4 heteroatoms. The van der Waals surface area contributed by atoms with Crippen molar-refractivity contribution in [3.63, 3.8) is 0 Å². The molecule has 0 heterocycles. The van der Waals surface area contributed by atoms with Crippen LogP contribution in [0, 0.1) is 23.6 Å². The van der Waals surface area contributed by atoms with Crippen molar-refractivity contribution in [2.45, 2.75) is 38.7 Å². The van der Waals surface area contributed by atoms with E-state index < -0.39 is 11.6 Å². The van der Waals surface area contributed by atoms with Crippen LogP contribution in [0.2, 0.25) is 0 Å². The van der Waals surface area contributed by atoms with E-state index in [9.17, 15) is 8.78 Å². The zero-order valence-electron chi connectivity index (χ0n) is 14.4. The SMILES string of the molecule is CCOC1CCC(COc2[c]ccc(-c3ccc(F)cc3F)c2)CC1. The van der Waals surface area contributed by atoms with E-state index in [-0.39, 0.29) is 0 Å². The monoisotopic (exact) mass is 345 g/mol. The van der Waals surface area contributed by atoms with Crippen LogP contribution in [0.5, 0.6) is 5.75 Å². The van der Waals surface area contributed by atoms with Crippen LogP contribution in [0.3, 0.4) is 0 Å². The van der Waals surface area contributed by atoms with Crippen molar-refractivity contribution in [3.8, 4) is 16.9 Å². The number of hydrogen-bond acceptors (Lipinski definition) is 2. The van der Waals surface area contributed by atoms with Gasteiger partial charge in [0.2, 0.25) is 0 Å². The molecule has 0 unspecified atom stereocenters. The van der Waals surface area contributed by atoms with Crippen LogP contribution >= 0.6 is 0 Å². The van der Waals surface area contributed by atoms with Crippen molar-refractivity contribution < 1.29 is 18.3 Å². The van der Waals surface area contributed by atoms with Gasteiger partial charge in [-0.3, -0.25) is 0 Å². The standard InChI is InChI=1S/C21H23F2O2/c1-2-24-18-9-6-15(7-10-18)14-25-19-5-3-4-16(12-19)20-11-8-17(22)13-21(20)23/h3-4,8,11-13,15,18H,2,6-7,9-10,14H2,1H3. The molecule has 0 aromatic heterocycles. The van der Waals surface area contributed by atoms with Crippen LogP contribution in [0.25, 0.3) is 11.1 Å². The Bertz CT molecular complexity index is 694. The van der Waals surface area contributed by atoms with Crippen molar-refractivity contribution in [1.82, 2.24) is 0 Å². The predicted molar refractivity (Wildman–Crippen MR) is 93.5 cm³/mol. The molecule has 0 N–H and O–H groups in total. The lowest BCUT2D eigenvalue weighted by Crippen LogP contribution is -2.25. The molecule has 0 aliphatic heterocycles. The molecule has 1 radical (unpaired) electrons. The highest BCUT2D eigenvalue weighted by atomic mass is 19.1. The molecule has 0 spiro atoms. The van der Waals surface area contributed by atoms with Gasteiger partial charge in [-0.25, -0.2) is 8.78 Å². The molecule has 0 saturated heterocycles. The Labute approximate surface area is 147 Å². The summed E-state index contributed by atoms with van der Waals surface area (Å²) in [6.07, 6.45) is 4.73. The number of benzene rings is 2. The van der Waals surface area contributed by atoms with Crippen molar-refractivity contribution >= 4 is 0 Å². The van der Waals surface area contributed by atoms with Crippen LogP contribution in [0.4, 0.5) is 8.78 Å². The molecule has 0 atom stereocenters. The normalized spacial score (nSPS) is 20.4. The summed E-state index contributed by atoms with van der Waals surface area (Å²) in [4.78, 5) is 0. The Morgan fingerprint density at radius 3 is 2.60 bits per heavy atom. The third kappa shape index (κ3) is 4.79. The van der Waals surface area contributed by atoms with Gasteiger partial charge in [0.25, 0.3) is 0 Å². The number of halogens is 2. The van der Waals surface area contributed by atoms with Crippen molar-refractivity contribution in [1.29, 1.82) is 0 Å². The van der Waals surface area contributed by atoms with Crippen molar-refractivity contribution in [2.75, 3.05) is 13.2 Å². The highest BCUT2D eigenvalue weighted by Gasteiger charge is 2.21. The zero-order chi connectivity index (χ0) is 17.6. The molecule has 133 valence electrons. The molecular formula is C21H23F2O2. The van der Waals surface area contributed by atoms with E-state index in [1.54, 1.807) is 18.2 Å². The Kier molecular flexibility index (Phi) is 6.03. The molecule has 2 nitrogen and oxygen atoms in total. The first-order valence-corrected chi connectivity index (χ1v) is 8.87.